The van der Waals surface area contributed by atoms with Crippen LogP contribution in [0.4, 0.5) is 0 Å². The summed E-state index contributed by atoms with van der Waals surface area (Å²) < 4.78 is 6.13. The number of halogens is 4. The van der Waals surface area contributed by atoms with Crippen molar-refractivity contribution in [1.82, 2.24) is 5.06 Å². The molecule has 0 N–H and O–H groups in total. The molecule has 0 unspecified atom stereocenters. The highest BCUT2D eigenvalue weighted by molar-refractivity contribution is 6.51. The summed E-state index contributed by atoms with van der Waals surface area (Å²) in [6, 6.07) is 9.35. The number of alkyl halides is 2. The first kappa shape index (κ1) is 18.9. The lowest BCUT2D eigenvalue weighted by Gasteiger charge is -2.40. The van der Waals surface area contributed by atoms with Crippen molar-refractivity contribution in [3.63, 3.8) is 0 Å². The summed E-state index contributed by atoms with van der Waals surface area (Å²) in [5.41, 5.74) is 0.862. The van der Waals surface area contributed by atoms with Crippen LogP contribution in [0.1, 0.15) is 12.0 Å². The van der Waals surface area contributed by atoms with E-state index >= 15 is 0 Å². The number of fused-ring (bicyclic) bond motifs is 12. The second-order valence-electron chi connectivity index (χ2n) is 8.43. The Hall–Kier alpha value is -0.820. The van der Waals surface area contributed by atoms with E-state index in [4.69, 9.17) is 56.0 Å². The SMILES string of the molecule is O=C1[C@H]2[C@@H]3O[C@@H]([C@@H]2C(=O)N1OCc1ccccc1)[C@@H]1[C@@H]3[C@@]2(Cl)C[C@@]1(Cl)C(Cl)=C2Cl. The van der Waals surface area contributed by atoms with Crippen LogP contribution in [-0.4, -0.2) is 38.8 Å². The van der Waals surface area contributed by atoms with Gasteiger partial charge in [-0.2, -0.15) is 5.06 Å². The molecule has 6 rings (SSSR count). The van der Waals surface area contributed by atoms with Crippen LogP contribution in [0.15, 0.2) is 40.4 Å². The van der Waals surface area contributed by atoms with E-state index in [0.29, 0.717) is 16.5 Å². The fraction of sp³-hybridized carbons (Fsp3) is 0.500. The van der Waals surface area contributed by atoms with E-state index < -0.39 is 33.8 Å². The number of rotatable bonds is 3. The topological polar surface area (TPSA) is 55.8 Å². The lowest BCUT2D eigenvalue weighted by Crippen LogP contribution is -2.50. The zero-order valence-corrected chi connectivity index (χ0v) is 17.9. The Morgan fingerprint density at radius 3 is 2.00 bits per heavy atom. The lowest BCUT2D eigenvalue weighted by atomic mass is 9.65. The van der Waals surface area contributed by atoms with Gasteiger partial charge in [0.2, 0.25) is 0 Å². The molecule has 1 saturated carbocycles. The number of carbonyl (C=O) groups excluding carboxylic acids is 2. The van der Waals surface area contributed by atoms with E-state index in [1.165, 1.54) is 0 Å². The van der Waals surface area contributed by atoms with Crippen molar-refractivity contribution in [2.24, 2.45) is 23.7 Å². The van der Waals surface area contributed by atoms with Crippen LogP contribution in [0.2, 0.25) is 0 Å². The first-order chi connectivity index (χ1) is 13.8. The van der Waals surface area contributed by atoms with Crippen molar-refractivity contribution in [2.45, 2.75) is 35.0 Å². The van der Waals surface area contributed by atoms with Gasteiger partial charge in [-0.1, -0.05) is 53.5 Å². The molecule has 152 valence electrons. The van der Waals surface area contributed by atoms with E-state index in [2.05, 4.69) is 0 Å². The maximum atomic E-state index is 13.1. The van der Waals surface area contributed by atoms with Gasteiger partial charge >= 0.3 is 0 Å². The highest BCUT2D eigenvalue weighted by Gasteiger charge is 2.82. The van der Waals surface area contributed by atoms with Gasteiger partial charge in [0.05, 0.1) is 43.9 Å². The molecule has 3 heterocycles. The highest BCUT2D eigenvalue weighted by atomic mass is 35.5. The predicted octanol–water partition coefficient (Wildman–Crippen LogP) is 3.79. The molecule has 29 heavy (non-hydrogen) atoms. The van der Waals surface area contributed by atoms with Crippen molar-refractivity contribution >= 4 is 58.2 Å². The Kier molecular flexibility index (Phi) is 3.85. The number of benzene rings is 1. The van der Waals surface area contributed by atoms with Crippen molar-refractivity contribution in [3.8, 4) is 0 Å². The molecule has 4 bridgehead atoms. The number of amides is 2. The fourth-order valence-corrected chi connectivity index (χ4v) is 8.12. The van der Waals surface area contributed by atoms with Crippen LogP contribution in [0, 0.1) is 23.7 Å². The van der Waals surface area contributed by atoms with Crippen LogP contribution in [-0.2, 0) is 25.8 Å². The molecule has 0 spiro atoms. The summed E-state index contributed by atoms with van der Waals surface area (Å²) in [7, 11) is 0. The number of hydrogen-bond acceptors (Lipinski definition) is 4. The Labute approximate surface area is 186 Å². The van der Waals surface area contributed by atoms with Gasteiger partial charge in [0.15, 0.2) is 0 Å². The van der Waals surface area contributed by atoms with Gasteiger partial charge < -0.3 is 4.74 Å². The molecule has 0 radical (unpaired) electrons. The van der Waals surface area contributed by atoms with Gasteiger partial charge in [-0.15, -0.1) is 23.2 Å². The number of allylic oxidation sites excluding steroid dienone is 2. The molecule has 5 nitrogen and oxygen atoms in total. The van der Waals surface area contributed by atoms with Gasteiger partial charge in [0, 0.05) is 11.8 Å². The van der Waals surface area contributed by atoms with E-state index in [0.717, 1.165) is 10.6 Å². The molecular formula is C20H15Cl4NO4. The van der Waals surface area contributed by atoms with Crippen molar-refractivity contribution in [3.05, 3.63) is 46.0 Å². The molecule has 3 aliphatic heterocycles. The van der Waals surface area contributed by atoms with Gasteiger partial charge in [-0.05, 0) is 12.0 Å². The lowest BCUT2D eigenvalue weighted by molar-refractivity contribution is -0.196. The van der Waals surface area contributed by atoms with Crippen LogP contribution >= 0.6 is 46.4 Å². The maximum Gasteiger partial charge on any atom is 0.260 e. The third kappa shape index (κ3) is 2.12. The molecule has 1 aromatic rings. The maximum absolute atomic E-state index is 13.1. The van der Waals surface area contributed by atoms with Gasteiger partial charge in [0.1, 0.15) is 6.61 Å². The normalized spacial score (nSPS) is 46.8. The summed E-state index contributed by atoms with van der Waals surface area (Å²) in [4.78, 5) is 29.9. The second kappa shape index (κ2) is 5.90. The standard InChI is InChI=1S/C20H15Cl4NO4/c21-15-16(22)20(24)7-19(15,23)11-12(20)14-10-9(13(11)29-14)17(26)25(18(10)27)28-6-8-4-2-1-3-5-8/h1-5,9-14H,6-7H2/t9-,10-,11+,12+,13+,14+,19+,20+/m1/s1. The smallest absolute Gasteiger partial charge is 0.260 e. The van der Waals surface area contributed by atoms with E-state index in [1.807, 2.05) is 30.3 Å². The van der Waals surface area contributed by atoms with Gasteiger partial charge in [-0.25, -0.2) is 0 Å². The largest absolute Gasteiger partial charge is 0.373 e. The average Bonchev–Trinajstić information content (AvgIpc) is 3.43. The zero-order valence-electron chi connectivity index (χ0n) is 14.9. The second-order valence-corrected chi connectivity index (χ2v) is 10.5. The molecule has 5 aliphatic rings. The summed E-state index contributed by atoms with van der Waals surface area (Å²) in [6.07, 6.45) is -0.690. The highest BCUT2D eigenvalue weighted by Crippen LogP contribution is 2.75. The minimum Gasteiger partial charge on any atom is -0.373 e. The Bertz CT molecular complexity index is 932. The van der Waals surface area contributed by atoms with Crippen LogP contribution in [0.25, 0.3) is 0 Å². The van der Waals surface area contributed by atoms with E-state index in [-0.39, 0.29) is 30.3 Å². The zero-order chi connectivity index (χ0) is 20.3. The summed E-state index contributed by atoms with van der Waals surface area (Å²) in [5, 5.41) is 1.56. The van der Waals surface area contributed by atoms with Gasteiger partial charge in [0.25, 0.3) is 11.8 Å². The minimum atomic E-state index is -0.961. The Morgan fingerprint density at radius 2 is 1.48 bits per heavy atom. The van der Waals surface area contributed by atoms with Crippen LogP contribution < -0.4 is 0 Å². The Balaban J connectivity index is 1.32. The molecule has 4 fully saturated rings. The quantitative estimate of drug-likeness (QED) is 0.494. The van der Waals surface area contributed by atoms with Crippen LogP contribution in [0.3, 0.4) is 0 Å². The fourth-order valence-electron chi connectivity index (χ4n) is 6.11. The van der Waals surface area contributed by atoms with E-state index in [1.54, 1.807) is 0 Å². The molecule has 1 aromatic carbocycles. The molecule has 0 aromatic heterocycles. The van der Waals surface area contributed by atoms with Crippen molar-refractivity contribution in [1.29, 1.82) is 0 Å². The summed E-state index contributed by atoms with van der Waals surface area (Å²) >= 11 is 26.7. The molecular weight excluding hydrogens is 460 g/mol. The average molecular weight is 475 g/mol. The minimum absolute atomic E-state index is 0.124. The molecule has 9 heteroatoms. The number of carbonyl (C=O) groups is 2. The first-order valence-electron chi connectivity index (χ1n) is 9.43. The van der Waals surface area contributed by atoms with Crippen molar-refractivity contribution in [2.75, 3.05) is 0 Å². The number of hydrogen-bond donors (Lipinski definition) is 0. The summed E-state index contributed by atoms with van der Waals surface area (Å²) in [5.74, 6) is -2.59. The first-order valence-corrected chi connectivity index (χ1v) is 10.9. The molecule has 2 aliphatic carbocycles. The molecule has 8 atom stereocenters. The number of imide groups is 1. The monoisotopic (exact) mass is 473 g/mol. The number of hydroxylamine groups is 2. The van der Waals surface area contributed by atoms with Crippen LogP contribution in [0.5, 0.6) is 0 Å². The predicted molar refractivity (Wildman–Crippen MR) is 106 cm³/mol. The molecule has 2 amide bonds. The van der Waals surface area contributed by atoms with Crippen molar-refractivity contribution < 1.29 is 19.2 Å². The van der Waals surface area contributed by atoms with Gasteiger partial charge in [-0.3, -0.25) is 14.4 Å². The molecule has 3 saturated heterocycles. The van der Waals surface area contributed by atoms with E-state index in [9.17, 15) is 9.59 Å². The number of ether oxygens (including phenoxy) is 1. The third-order valence-corrected chi connectivity index (χ3v) is 9.66. The third-order valence-electron chi connectivity index (χ3n) is 7.17. The summed E-state index contributed by atoms with van der Waals surface area (Å²) in [6.45, 7) is 0.124. The Morgan fingerprint density at radius 1 is 0.966 bits per heavy atom. The number of nitrogens with zero attached hydrogens (tertiary/aromatic N) is 1.